The zero-order valence-electron chi connectivity index (χ0n) is 11.2. The molecule has 1 unspecified atom stereocenters. The SMILES string of the molecule is CC(C)C(C)NS(=O)(=O)Cc1ccc(CN)cc1. The van der Waals surface area contributed by atoms with Crippen molar-refractivity contribution >= 4 is 10.0 Å². The first-order valence-electron chi connectivity index (χ1n) is 6.12. The van der Waals surface area contributed by atoms with E-state index in [2.05, 4.69) is 4.72 Å². The molecular formula is C13H22N2O2S. The number of hydrogen-bond donors (Lipinski definition) is 2. The quantitative estimate of drug-likeness (QED) is 0.825. The Bertz CT molecular complexity index is 466. The molecule has 0 spiro atoms. The molecule has 0 bridgehead atoms. The monoisotopic (exact) mass is 270 g/mol. The van der Waals surface area contributed by atoms with Crippen LogP contribution in [0.2, 0.25) is 0 Å². The molecular weight excluding hydrogens is 248 g/mol. The van der Waals surface area contributed by atoms with Crippen LogP contribution in [0.4, 0.5) is 0 Å². The summed E-state index contributed by atoms with van der Waals surface area (Å²) in [6, 6.07) is 7.27. The van der Waals surface area contributed by atoms with E-state index in [9.17, 15) is 8.42 Å². The first-order valence-corrected chi connectivity index (χ1v) is 7.77. The highest BCUT2D eigenvalue weighted by atomic mass is 32.2. The van der Waals surface area contributed by atoms with Crippen LogP contribution in [0.3, 0.4) is 0 Å². The molecule has 0 aliphatic rings. The minimum Gasteiger partial charge on any atom is -0.326 e. The molecule has 0 aromatic heterocycles. The molecule has 5 heteroatoms. The second-order valence-electron chi connectivity index (χ2n) is 4.93. The lowest BCUT2D eigenvalue weighted by molar-refractivity contribution is 0.476. The van der Waals surface area contributed by atoms with E-state index in [1.807, 2.05) is 45.0 Å². The molecule has 0 aliphatic heterocycles. The standard InChI is InChI=1S/C13H22N2O2S/c1-10(2)11(3)15-18(16,17)9-13-6-4-12(8-14)5-7-13/h4-7,10-11,15H,8-9,14H2,1-3H3. The molecule has 0 saturated carbocycles. The van der Waals surface area contributed by atoms with Crippen molar-refractivity contribution in [2.45, 2.75) is 39.1 Å². The third kappa shape index (κ3) is 4.76. The predicted molar refractivity (Wildman–Crippen MR) is 74.4 cm³/mol. The van der Waals surface area contributed by atoms with Crippen molar-refractivity contribution in [2.75, 3.05) is 0 Å². The summed E-state index contributed by atoms with van der Waals surface area (Å²) in [5.41, 5.74) is 7.27. The molecule has 1 atom stereocenters. The van der Waals surface area contributed by atoms with Gasteiger partial charge in [-0.3, -0.25) is 0 Å². The summed E-state index contributed by atoms with van der Waals surface area (Å²) in [5, 5.41) is 0. The number of rotatable bonds is 6. The zero-order chi connectivity index (χ0) is 13.8. The lowest BCUT2D eigenvalue weighted by Crippen LogP contribution is -2.36. The van der Waals surface area contributed by atoms with Gasteiger partial charge >= 0.3 is 0 Å². The summed E-state index contributed by atoms with van der Waals surface area (Å²) in [7, 11) is -3.28. The molecule has 1 aromatic rings. The summed E-state index contributed by atoms with van der Waals surface area (Å²) in [5.74, 6) is 0.286. The van der Waals surface area contributed by atoms with E-state index in [-0.39, 0.29) is 17.7 Å². The Morgan fingerprint density at radius 3 is 2.06 bits per heavy atom. The van der Waals surface area contributed by atoms with E-state index in [0.717, 1.165) is 11.1 Å². The van der Waals surface area contributed by atoms with E-state index < -0.39 is 10.0 Å². The first-order chi connectivity index (χ1) is 8.34. The topological polar surface area (TPSA) is 72.2 Å². The Morgan fingerprint density at radius 2 is 1.61 bits per heavy atom. The number of hydrogen-bond acceptors (Lipinski definition) is 3. The van der Waals surface area contributed by atoms with Crippen molar-refractivity contribution in [3.8, 4) is 0 Å². The van der Waals surface area contributed by atoms with Gasteiger partial charge in [0.05, 0.1) is 5.75 Å². The normalized spacial score (nSPS) is 13.8. The molecule has 0 aliphatic carbocycles. The van der Waals surface area contributed by atoms with E-state index in [0.29, 0.717) is 6.54 Å². The third-order valence-electron chi connectivity index (χ3n) is 2.98. The highest BCUT2D eigenvalue weighted by Crippen LogP contribution is 2.09. The molecule has 0 amide bonds. The van der Waals surface area contributed by atoms with Gasteiger partial charge in [0.25, 0.3) is 0 Å². The molecule has 4 nitrogen and oxygen atoms in total. The second-order valence-corrected chi connectivity index (χ2v) is 6.68. The fraction of sp³-hybridized carbons (Fsp3) is 0.538. The predicted octanol–water partition coefficient (Wildman–Crippen LogP) is 1.61. The molecule has 102 valence electrons. The largest absolute Gasteiger partial charge is 0.326 e. The van der Waals surface area contributed by atoms with Gasteiger partial charge in [-0.25, -0.2) is 13.1 Å². The van der Waals surface area contributed by atoms with Crippen LogP contribution in [-0.2, 0) is 22.3 Å². The highest BCUT2D eigenvalue weighted by Gasteiger charge is 2.17. The van der Waals surface area contributed by atoms with E-state index >= 15 is 0 Å². The van der Waals surface area contributed by atoms with Crippen molar-refractivity contribution in [2.24, 2.45) is 11.7 Å². The Balaban J connectivity index is 2.70. The fourth-order valence-electron chi connectivity index (χ4n) is 1.45. The molecule has 1 rings (SSSR count). The van der Waals surface area contributed by atoms with Crippen LogP contribution in [0, 0.1) is 5.92 Å². The minimum atomic E-state index is -3.28. The van der Waals surface area contributed by atoms with Crippen LogP contribution in [-0.4, -0.2) is 14.5 Å². The van der Waals surface area contributed by atoms with Gasteiger partial charge in [0.2, 0.25) is 10.0 Å². The summed E-state index contributed by atoms with van der Waals surface area (Å²) >= 11 is 0. The molecule has 0 saturated heterocycles. The van der Waals surface area contributed by atoms with Crippen molar-refractivity contribution < 1.29 is 8.42 Å². The van der Waals surface area contributed by atoms with E-state index in [1.165, 1.54) is 0 Å². The van der Waals surface area contributed by atoms with Gasteiger partial charge in [0, 0.05) is 12.6 Å². The maximum atomic E-state index is 11.9. The molecule has 0 heterocycles. The van der Waals surface area contributed by atoms with Crippen molar-refractivity contribution in [1.29, 1.82) is 0 Å². The van der Waals surface area contributed by atoms with Gasteiger partial charge in [-0.05, 0) is 24.0 Å². The lowest BCUT2D eigenvalue weighted by Gasteiger charge is -2.17. The fourth-order valence-corrected chi connectivity index (χ4v) is 3.01. The Morgan fingerprint density at radius 1 is 1.11 bits per heavy atom. The van der Waals surface area contributed by atoms with Gasteiger partial charge in [0.1, 0.15) is 0 Å². The molecule has 3 N–H and O–H groups in total. The van der Waals surface area contributed by atoms with E-state index in [1.54, 1.807) is 0 Å². The van der Waals surface area contributed by atoms with Crippen LogP contribution < -0.4 is 10.5 Å². The molecule has 18 heavy (non-hydrogen) atoms. The summed E-state index contributed by atoms with van der Waals surface area (Å²) < 4.78 is 26.5. The van der Waals surface area contributed by atoms with Crippen LogP contribution in [0.1, 0.15) is 31.9 Å². The van der Waals surface area contributed by atoms with Gasteiger partial charge in [-0.2, -0.15) is 0 Å². The Labute approximate surface area is 110 Å². The van der Waals surface area contributed by atoms with Gasteiger partial charge in [-0.15, -0.1) is 0 Å². The van der Waals surface area contributed by atoms with Gasteiger partial charge in [-0.1, -0.05) is 38.1 Å². The average Bonchev–Trinajstić information content (AvgIpc) is 2.28. The lowest BCUT2D eigenvalue weighted by atomic mass is 10.1. The second kappa shape index (κ2) is 6.31. The van der Waals surface area contributed by atoms with Crippen LogP contribution >= 0.6 is 0 Å². The maximum Gasteiger partial charge on any atom is 0.216 e. The van der Waals surface area contributed by atoms with E-state index in [4.69, 9.17) is 5.73 Å². The Kier molecular flexibility index (Phi) is 5.31. The van der Waals surface area contributed by atoms with Crippen molar-refractivity contribution in [1.82, 2.24) is 4.72 Å². The van der Waals surface area contributed by atoms with Crippen LogP contribution in [0.5, 0.6) is 0 Å². The number of sulfonamides is 1. The first kappa shape index (κ1) is 15.1. The maximum absolute atomic E-state index is 11.9. The number of nitrogens with two attached hydrogens (primary N) is 1. The molecule has 1 aromatic carbocycles. The van der Waals surface area contributed by atoms with Gasteiger partial charge in [0.15, 0.2) is 0 Å². The number of benzene rings is 1. The zero-order valence-corrected chi connectivity index (χ0v) is 12.0. The molecule has 0 fully saturated rings. The summed E-state index contributed by atoms with van der Waals surface area (Å²) in [6.45, 7) is 6.32. The van der Waals surface area contributed by atoms with Crippen LogP contribution in [0.15, 0.2) is 24.3 Å². The van der Waals surface area contributed by atoms with Crippen molar-refractivity contribution in [3.63, 3.8) is 0 Å². The Hall–Kier alpha value is -0.910. The third-order valence-corrected chi connectivity index (χ3v) is 4.43. The smallest absolute Gasteiger partial charge is 0.216 e. The summed E-state index contributed by atoms with van der Waals surface area (Å²) in [6.07, 6.45) is 0. The number of nitrogens with one attached hydrogen (secondary N) is 1. The average molecular weight is 270 g/mol. The summed E-state index contributed by atoms with van der Waals surface area (Å²) in [4.78, 5) is 0. The van der Waals surface area contributed by atoms with Crippen molar-refractivity contribution in [3.05, 3.63) is 35.4 Å². The minimum absolute atomic E-state index is 0.00884. The van der Waals surface area contributed by atoms with Gasteiger partial charge < -0.3 is 5.73 Å². The van der Waals surface area contributed by atoms with Crippen LogP contribution in [0.25, 0.3) is 0 Å². The highest BCUT2D eigenvalue weighted by molar-refractivity contribution is 7.88. The molecule has 0 radical (unpaired) electrons.